The Hall–Kier alpha value is -3.41. The van der Waals surface area contributed by atoms with E-state index < -0.39 is 39.2 Å². The summed E-state index contributed by atoms with van der Waals surface area (Å²) >= 11 is 0. The van der Waals surface area contributed by atoms with Crippen molar-refractivity contribution in [2.75, 3.05) is 0 Å². The molecule has 1 aliphatic heterocycles. The highest BCUT2D eigenvalue weighted by molar-refractivity contribution is 6.35. The number of hydrogen-bond donors (Lipinski definition) is 2. The van der Waals surface area contributed by atoms with Crippen molar-refractivity contribution in [3.8, 4) is 11.5 Å². The van der Waals surface area contributed by atoms with E-state index in [1.165, 1.54) is 23.8 Å². The highest BCUT2D eigenvalue weighted by Gasteiger charge is 2.74. The Balaban J connectivity index is 2.08. The van der Waals surface area contributed by atoms with Crippen molar-refractivity contribution in [3.63, 3.8) is 0 Å². The van der Waals surface area contributed by atoms with Gasteiger partial charge in [-0.05, 0) is 122 Å². The molecular weight excluding hydrogens is 552 g/mol. The second-order valence-electron chi connectivity index (χ2n) is 15.1. The van der Waals surface area contributed by atoms with Crippen LogP contribution >= 0.6 is 0 Å². The molecule has 0 unspecified atom stereocenters. The monoisotopic (exact) mass is 602 g/mol. The molecule has 1 spiro atoms. The molecule has 6 heteroatoms. The van der Waals surface area contributed by atoms with Gasteiger partial charge < -0.3 is 14.9 Å². The Kier molecular flexibility index (Phi) is 8.75. The Morgan fingerprint density at radius 1 is 0.955 bits per heavy atom. The van der Waals surface area contributed by atoms with Crippen molar-refractivity contribution in [1.29, 1.82) is 0 Å². The second-order valence-corrected chi connectivity index (χ2v) is 15.1. The van der Waals surface area contributed by atoms with Gasteiger partial charge in [0.25, 0.3) is 0 Å². The molecule has 1 heterocycles. The zero-order valence-corrected chi connectivity index (χ0v) is 28.0. The van der Waals surface area contributed by atoms with E-state index in [4.69, 9.17) is 4.74 Å². The van der Waals surface area contributed by atoms with Crippen LogP contribution in [-0.2, 0) is 14.3 Å². The molecule has 2 bridgehead atoms. The van der Waals surface area contributed by atoms with Crippen LogP contribution in [0.3, 0.4) is 0 Å². The van der Waals surface area contributed by atoms with Gasteiger partial charge in [-0.25, -0.2) is 0 Å². The fraction of sp³-hybridized carbons (Fsp3) is 0.553. The zero-order valence-electron chi connectivity index (χ0n) is 28.0. The Labute approximate surface area is 263 Å². The number of phenolic OH excluding ortho intramolecular Hbond substituents is 2. The number of carbonyl (C=O) groups is 3. The molecule has 3 aliphatic rings. The predicted molar refractivity (Wildman–Crippen MR) is 173 cm³/mol. The maximum Gasteiger partial charge on any atom is 0.200 e. The van der Waals surface area contributed by atoms with Crippen LogP contribution in [0.1, 0.15) is 111 Å². The molecule has 0 aromatic heterocycles. The molecule has 0 amide bonds. The number of allylic oxidation sites excluding steroid dienone is 7. The standard InChI is InChI=1S/C38H50O6/c1-22(2)11-14-26-20-37-21-27(15-12-23(3)4)36(9,10)44-33(37)30(31(41)25-13-16-28(39)29(40)19-25)32(42)38(34(37)43,35(26,7)8)18-17-24(5)6/h11,13,16-17,19,26-27,39-40H,3,12,14-15,18,20-21H2,1-2,4-10H3/t26-,27+,37+,38+/m0/s1. The van der Waals surface area contributed by atoms with Crippen molar-refractivity contribution in [1.82, 2.24) is 0 Å². The van der Waals surface area contributed by atoms with E-state index in [1.54, 1.807) is 0 Å². The molecule has 0 radical (unpaired) electrons. The molecule has 2 aliphatic carbocycles. The smallest absolute Gasteiger partial charge is 0.200 e. The first kappa shape index (κ1) is 33.5. The van der Waals surface area contributed by atoms with Gasteiger partial charge in [0.15, 0.2) is 28.8 Å². The van der Waals surface area contributed by atoms with Crippen LogP contribution in [0.4, 0.5) is 0 Å². The molecule has 4 atom stereocenters. The van der Waals surface area contributed by atoms with Gasteiger partial charge in [0.2, 0.25) is 0 Å². The minimum atomic E-state index is -1.49. The van der Waals surface area contributed by atoms with Gasteiger partial charge in [0, 0.05) is 5.56 Å². The van der Waals surface area contributed by atoms with Gasteiger partial charge in [-0.1, -0.05) is 42.7 Å². The highest BCUT2D eigenvalue weighted by atomic mass is 16.5. The minimum absolute atomic E-state index is 0.0133. The van der Waals surface area contributed by atoms with Crippen molar-refractivity contribution < 1.29 is 29.3 Å². The zero-order chi connectivity index (χ0) is 33.0. The molecular formula is C38H50O6. The topological polar surface area (TPSA) is 101 Å². The maximum atomic E-state index is 15.3. The lowest BCUT2D eigenvalue weighted by Gasteiger charge is -2.64. The minimum Gasteiger partial charge on any atom is -0.504 e. The number of fused-ring (bicyclic) bond motifs is 1. The summed E-state index contributed by atoms with van der Waals surface area (Å²) in [7, 11) is 0. The van der Waals surface area contributed by atoms with Gasteiger partial charge in [0.1, 0.15) is 22.3 Å². The van der Waals surface area contributed by atoms with E-state index in [2.05, 4.69) is 26.5 Å². The predicted octanol–water partition coefficient (Wildman–Crippen LogP) is 8.59. The number of Topliss-reactive ketones (excluding diaryl/α,β-unsaturated/α-hetero) is 3. The number of benzene rings is 1. The Bertz CT molecular complexity index is 1490. The number of hydrogen-bond acceptors (Lipinski definition) is 6. The average Bonchev–Trinajstić information content (AvgIpc) is 2.91. The molecule has 1 saturated carbocycles. The van der Waals surface area contributed by atoms with E-state index in [0.717, 1.165) is 24.0 Å². The third kappa shape index (κ3) is 5.28. The maximum absolute atomic E-state index is 15.3. The first-order valence-electron chi connectivity index (χ1n) is 15.8. The third-order valence-corrected chi connectivity index (χ3v) is 10.8. The quantitative estimate of drug-likeness (QED) is 0.0965. The van der Waals surface area contributed by atoms with Gasteiger partial charge >= 0.3 is 0 Å². The molecule has 2 N–H and O–H groups in total. The molecule has 6 nitrogen and oxygen atoms in total. The van der Waals surface area contributed by atoms with Gasteiger partial charge in [-0.15, -0.1) is 6.58 Å². The van der Waals surface area contributed by atoms with Gasteiger partial charge in [0.05, 0.1) is 5.41 Å². The average molecular weight is 603 g/mol. The number of aromatic hydroxyl groups is 2. The molecule has 44 heavy (non-hydrogen) atoms. The summed E-state index contributed by atoms with van der Waals surface area (Å²) < 4.78 is 6.81. The van der Waals surface area contributed by atoms with E-state index in [-0.39, 0.29) is 46.7 Å². The van der Waals surface area contributed by atoms with Crippen LogP contribution in [0.15, 0.2) is 65.0 Å². The first-order valence-corrected chi connectivity index (χ1v) is 15.8. The Morgan fingerprint density at radius 3 is 2.14 bits per heavy atom. The van der Waals surface area contributed by atoms with Crippen LogP contribution in [0.5, 0.6) is 11.5 Å². The lowest BCUT2D eigenvalue weighted by molar-refractivity contribution is -0.189. The van der Waals surface area contributed by atoms with Crippen molar-refractivity contribution in [2.24, 2.45) is 28.1 Å². The van der Waals surface area contributed by atoms with Crippen LogP contribution < -0.4 is 0 Å². The molecule has 1 aromatic rings. The Morgan fingerprint density at radius 2 is 1.57 bits per heavy atom. The number of ether oxygens (including phenoxy) is 1. The van der Waals surface area contributed by atoms with Crippen molar-refractivity contribution in [2.45, 2.75) is 106 Å². The summed E-state index contributed by atoms with van der Waals surface area (Å²) in [5, 5.41) is 20.2. The lowest BCUT2D eigenvalue weighted by atomic mass is 9.39. The fourth-order valence-electron chi connectivity index (χ4n) is 7.84. The van der Waals surface area contributed by atoms with Crippen LogP contribution in [-0.4, -0.2) is 33.2 Å². The second kappa shape index (κ2) is 11.5. The van der Waals surface area contributed by atoms with Crippen molar-refractivity contribution in [3.05, 3.63) is 70.5 Å². The number of rotatable bonds is 9. The molecule has 1 saturated heterocycles. The summed E-state index contributed by atoms with van der Waals surface area (Å²) in [6.45, 7) is 22.1. The lowest BCUT2D eigenvalue weighted by Crippen LogP contribution is -2.69. The largest absolute Gasteiger partial charge is 0.504 e. The normalized spacial score (nSPS) is 28.5. The van der Waals surface area contributed by atoms with Crippen LogP contribution in [0.2, 0.25) is 0 Å². The van der Waals surface area contributed by atoms with Crippen molar-refractivity contribution >= 4 is 17.3 Å². The van der Waals surface area contributed by atoms with Gasteiger partial charge in [-0.2, -0.15) is 0 Å². The van der Waals surface area contributed by atoms with Gasteiger partial charge in [-0.3, -0.25) is 14.4 Å². The SMILES string of the molecule is C=C(C)CC[C@@H]1C[C@]23C[C@H](CC=C(C)C)C(C)(C)[C@](CC=C(C)C)(C(=O)C(C(=O)c4ccc(O)c(O)c4)=C2OC1(C)C)C3=O. The third-order valence-electron chi connectivity index (χ3n) is 10.8. The molecule has 4 rings (SSSR count). The summed E-state index contributed by atoms with van der Waals surface area (Å²) in [5.41, 5.74) is -1.00. The number of ketones is 3. The summed E-state index contributed by atoms with van der Waals surface area (Å²) in [4.78, 5) is 44.9. The first-order chi connectivity index (χ1) is 20.3. The summed E-state index contributed by atoms with van der Waals surface area (Å²) in [5.74, 6) is -1.92. The summed E-state index contributed by atoms with van der Waals surface area (Å²) in [6.07, 6.45) is 7.55. The molecule has 238 valence electrons. The van der Waals surface area contributed by atoms with Crippen LogP contribution in [0, 0.1) is 28.1 Å². The van der Waals surface area contributed by atoms with E-state index in [9.17, 15) is 15.0 Å². The molecule has 2 fully saturated rings. The summed E-state index contributed by atoms with van der Waals surface area (Å²) in [6, 6.07) is 3.80. The molecule has 1 aromatic carbocycles. The van der Waals surface area contributed by atoms with E-state index in [0.29, 0.717) is 19.3 Å². The van der Waals surface area contributed by atoms with E-state index in [1.807, 2.05) is 54.5 Å². The highest BCUT2D eigenvalue weighted by Crippen LogP contribution is 2.69. The number of carbonyl (C=O) groups excluding carboxylic acids is 3. The van der Waals surface area contributed by atoms with E-state index >= 15 is 9.59 Å². The fourth-order valence-corrected chi connectivity index (χ4v) is 7.84. The van der Waals surface area contributed by atoms with Crippen LogP contribution in [0.25, 0.3) is 0 Å². The number of phenols is 2.